The van der Waals surface area contributed by atoms with Crippen molar-refractivity contribution in [2.45, 2.75) is 0 Å². The molecule has 0 aliphatic rings. The highest BCUT2D eigenvalue weighted by molar-refractivity contribution is 4.90. The van der Waals surface area contributed by atoms with E-state index in [0.717, 1.165) is 12.3 Å². The van der Waals surface area contributed by atoms with E-state index in [4.69, 9.17) is 0 Å². The molecule has 0 unspecified atom stereocenters. The first-order valence-corrected chi connectivity index (χ1v) is 2.24. The standard InChI is InChI=1S/C5H3F2NO/c6-4-1-2-8(9)5(7)3-4/h1-3H. The van der Waals surface area contributed by atoms with Crippen LogP contribution in [0.4, 0.5) is 8.78 Å². The van der Waals surface area contributed by atoms with Crippen molar-refractivity contribution in [2.24, 2.45) is 0 Å². The van der Waals surface area contributed by atoms with Crippen molar-refractivity contribution in [1.82, 2.24) is 0 Å². The zero-order valence-corrected chi connectivity index (χ0v) is 4.34. The van der Waals surface area contributed by atoms with Gasteiger partial charge in [0, 0.05) is 6.07 Å². The molecule has 0 spiro atoms. The summed E-state index contributed by atoms with van der Waals surface area (Å²) in [5, 5.41) is 10.1. The van der Waals surface area contributed by atoms with Crippen molar-refractivity contribution >= 4 is 0 Å². The highest BCUT2D eigenvalue weighted by atomic mass is 19.1. The molecule has 1 heterocycles. The van der Waals surface area contributed by atoms with Crippen LogP contribution in [0.15, 0.2) is 18.3 Å². The van der Waals surface area contributed by atoms with Crippen LogP contribution in [-0.4, -0.2) is 0 Å². The van der Waals surface area contributed by atoms with Gasteiger partial charge >= 0.3 is 5.95 Å². The van der Waals surface area contributed by atoms with E-state index in [0.29, 0.717) is 6.07 Å². The van der Waals surface area contributed by atoms with Gasteiger partial charge in [0.25, 0.3) is 0 Å². The third-order valence-corrected chi connectivity index (χ3v) is 0.837. The molecule has 0 atom stereocenters. The average Bonchev–Trinajstić information content (AvgIpc) is 1.80. The first kappa shape index (κ1) is 5.94. The molecule has 9 heavy (non-hydrogen) atoms. The average molecular weight is 131 g/mol. The molecule has 0 saturated carbocycles. The van der Waals surface area contributed by atoms with Crippen LogP contribution in [0.25, 0.3) is 0 Å². The quantitative estimate of drug-likeness (QED) is 0.287. The lowest BCUT2D eigenvalue weighted by molar-refractivity contribution is -0.637. The SMILES string of the molecule is [O-][n+]1ccc(F)cc1F. The van der Waals surface area contributed by atoms with Gasteiger partial charge in [-0.25, -0.2) is 4.39 Å². The normalized spacial score (nSPS) is 9.56. The minimum Gasteiger partial charge on any atom is -0.617 e. The molecule has 0 amide bonds. The van der Waals surface area contributed by atoms with Crippen LogP contribution in [0.5, 0.6) is 0 Å². The molecule has 0 radical (unpaired) electrons. The molecule has 0 aliphatic carbocycles. The maximum atomic E-state index is 12.0. The monoisotopic (exact) mass is 131 g/mol. The Morgan fingerprint density at radius 2 is 2.11 bits per heavy atom. The fraction of sp³-hybridized carbons (Fsp3) is 0. The van der Waals surface area contributed by atoms with Crippen LogP contribution in [0.3, 0.4) is 0 Å². The lowest BCUT2D eigenvalue weighted by atomic mass is 10.5. The van der Waals surface area contributed by atoms with E-state index in [1.165, 1.54) is 0 Å². The fourth-order valence-electron chi connectivity index (χ4n) is 0.436. The predicted octanol–water partition coefficient (Wildman–Crippen LogP) is 0.598. The molecule has 0 aliphatic heterocycles. The van der Waals surface area contributed by atoms with Gasteiger partial charge in [0.05, 0.1) is 6.07 Å². The summed E-state index contributed by atoms with van der Waals surface area (Å²) in [6.07, 6.45) is 0.769. The van der Waals surface area contributed by atoms with Gasteiger partial charge in [-0.15, -0.1) is 9.12 Å². The topological polar surface area (TPSA) is 26.9 Å². The molecule has 0 N–H and O–H groups in total. The predicted molar refractivity (Wildman–Crippen MR) is 25.3 cm³/mol. The number of nitrogens with zero attached hydrogens (tertiary/aromatic N) is 1. The first-order valence-electron chi connectivity index (χ1n) is 2.24. The molecule has 1 rings (SSSR count). The molecule has 1 aromatic rings. The van der Waals surface area contributed by atoms with Gasteiger partial charge in [-0.1, -0.05) is 0 Å². The molecule has 1 aromatic heterocycles. The minimum atomic E-state index is -1.13. The molecule has 4 heteroatoms. The summed E-state index contributed by atoms with van der Waals surface area (Å²) in [5.41, 5.74) is 0. The Bertz CT molecular complexity index is 226. The van der Waals surface area contributed by atoms with Crippen molar-refractivity contribution in [3.63, 3.8) is 0 Å². The second kappa shape index (κ2) is 1.97. The number of halogens is 2. The summed E-state index contributed by atoms with van der Waals surface area (Å²) >= 11 is 0. The van der Waals surface area contributed by atoms with Crippen molar-refractivity contribution in [3.8, 4) is 0 Å². The molecule has 0 fully saturated rings. The van der Waals surface area contributed by atoms with Crippen LogP contribution in [-0.2, 0) is 0 Å². The van der Waals surface area contributed by atoms with Gasteiger partial charge in [-0.3, -0.25) is 0 Å². The third kappa shape index (κ3) is 1.13. The van der Waals surface area contributed by atoms with Gasteiger partial charge in [-0.05, 0) is 0 Å². The van der Waals surface area contributed by atoms with Crippen LogP contribution in [0.2, 0.25) is 0 Å². The van der Waals surface area contributed by atoms with E-state index >= 15 is 0 Å². The second-order valence-corrected chi connectivity index (χ2v) is 1.49. The zero-order chi connectivity index (χ0) is 6.85. The summed E-state index contributed by atoms with van der Waals surface area (Å²) in [4.78, 5) is 0. The summed E-state index contributed by atoms with van der Waals surface area (Å²) in [7, 11) is 0. The van der Waals surface area contributed by atoms with Crippen molar-refractivity contribution in [3.05, 3.63) is 35.3 Å². The molecule has 0 aromatic carbocycles. The Morgan fingerprint density at radius 1 is 1.44 bits per heavy atom. The Balaban J connectivity index is 3.17. The largest absolute Gasteiger partial charge is 0.617 e. The van der Waals surface area contributed by atoms with Crippen molar-refractivity contribution in [1.29, 1.82) is 0 Å². The van der Waals surface area contributed by atoms with Crippen molar-refractivity contribution < 1.29 is 13.5 Å². The van der Waals surface area contributed by atoms with Crippen LogP contribution in [0, 0.1) is 17.0 Å². The summed E-state index contributed by atoms with van der Waals surface area (Å²) in [6, 6.07) is 1.41. The van der Waals surface area contributed by atoms with E-state index in [2.05, 4.69) is 0 Å². The van der Waals surface area contributed by atoms with E-state index < -0.39 is 11.8 Å². The van der Waals surface area contributed by atoms with Crippen LogP contribution in [0.1, 0.15) is 0 Å². The lowest BCUT2D eigenvalue weighted by Gasteiger charge is -1.93. The number of pyridine rings is 1. The first-order chi connectivity index (χ1) is 4.20. The summed E-state index contributed by atoms with van der Waals surface area (Å²) < 4.78 is 23.9. The molecule has 0 bridgehead atoms. The van der Waals surface area contributed by atoms with Crippen LogP contribution >= 0.6 is 0 Å². The molecule has 48 valence electrons. The third-order valence-electron chi connectivity index (χ3n) is 0.837. The smallest absolute Gasteiger partial charge is 0.373 e. The van der Waals surface area contributed by atoms with E-state index in [9.17, 15) is 14.0 Å². The maximum Gasteiger partial charge on any atom is 0.373 e. The van der Waals surface area contributed by atoms with Crippen molar-refractivity contribution in [2.75, 3.05) is 0 Å². The molecule has 2 nitrogen and oxygen atoms in total. The number of hydrogen-bond donors (Lipinski definition) is 0. The van der Waals surface area contributed by atoms with Gasteiger partial charge < -0.3 is 5.21 Å². The summed E-state index contributed by atoms with van der Waals surface area (Å²) in [5.74, 6) is -1.88. The van der Waals surface area contributed by atoms with E-state index in [1.807, 2.05) is 0 Å². The number of hydrogen-bond acceptors (Lipinski definition) is 1. The lowest BCUT2D eigenvalue weighted by Crippen LogP contribution is -2.30. The van der Waals surface area contributed by atoms with Crippen LogP contribution < -0.4 is 4.73 Å². The molecular weight excluding hydrogens is 128 g/mol. The molecular formula is C5H3F2NO. The number of rotatable bonds is 0. The molecule has 0 saturated heterocycles. The fourth-order valence-corrected chi connectivity index (χ4v) is 0.436. The van der Waals surface area contributed by atoms with Gasteiger partial charge in [0.1, 0.15) is 5.82 Å². The highest BCUT2D eigenvalue weighted by Crippen LogP contribution is 1.93. The van der Waals surface area contributed by atoms with Gasteiger partial charge in [-0.2, -0.15) is 0 Å². The Morgan fingerprint density at radius 3 is 2.56 bits per heavy atom. The Hall–Kier alpha value is -1.19. The highest BCUT2D eigenvalue weighted by Gasteiger charge is 2.02. The van der Waals surface area contributed by atoms with Gasteiger partial charge in [0.15, 0.2) is 6.20 Å². The maximum absolute atomic E-state index is 12.0. The van der Waals surface area contributed by atoms with E-state index in [-0.39, 0.29) is 4.73 Å². The van der Waals surface area contributed by atoms with Gasteiger partial charge in [0.2, 0.25) is 0 Å². The Kier molecular flexibility index (Phi) is 1.30. The van der Waals surface area contributed by atoms with E-state index in [1.54, 1.807) is 0 Å². The Labute approximate surface area is 49.9 Å². The summed E-state index contributed by atoms with van der Waals surface area (Å²) in [6.45, 7) is 0. The number of aromatic nitrogens is 1. The minimum absolute atomic E-state index is 0.0525. The zero-order valence-electron chi connectivity index (χ0n) is 4.34. The second-order valence-electron chi connectivity index (χ2n) is 1.49.